The molecular weight excluding hydrogens is 296 g/mol. The summed E-state index contributed by atoms with van der Waals surface area (Å²) < 4.78 is 0. The van der Waals surface area contributed by atoms with E-state index >= 15 is 0 Å². The van der Waals surface area contributed by atoms with Gasteiger partial charge in [-0.3, -0.25) is 9.59 Å². The van der Waals surface area contributed by atoms with Gasteiger partial charge in [-0.05, 0) is 12.8 Å². The molecule has 0 radical (unpaired) electrons. The van der Waals surface area contributed by atoms with Gasteiger partial charge < -0.3 is 21.3 Å². The summed E-state index contributed by atoms with van der Waals surface area (Å²) in [5.74, 6) is -0.223. The molecule has 7 heteroatoms. The number of urea groups is 1. The van der Waals surface area contributed by atoms with Gasteiger partial charge in [-0.1, -0.05) is 33.1 Å². The van der Waals surface area contributed by atoms with Crippen LogP contribution in [0.4, 0.5) is 4.79 Å². The van der Waals surface area contributed by atoms with Crippen molar-refractivity contribution >= 4 is 17.8 Å². The van der Waals surface area contributed by atoms with E-state index in [1.54, 1.807) is 0 Å². The summed E-state index contributed by atoms with van der Waals surface area (Å²) in [6, 6.07) is 0.0658. The average Bonchev–Trinajstić information content (AvgIpc) is 2.52. The van der Waals surface area contributed by atoms with E-state index in [0.29, 0.717) is 19.6 Å². The van der Waals surface area contributed by atoms with Crippen molar-refractivity contribution in [3.05, 3.63) is 0 Å². The summed E-state index contributed by atoms with van der Waals surface area (Å²) in [7, 11) is 0. The summed E-state index contributed by atoms with van der Waals surface area (Å²) in [4.78, 5) is 34.6. The fourth-order valence-corrected chi connectivity index (χ4v) is 2.45. The van der Waals surface area contributed by atoms with E-state index in [1.807, 2.05) is 13.8 Å². The van der Waals surface area contributed by atoms with Gasteiger partial charge in [0.05, 0.1) is 0 Å². The second-order valence-corrected chi connectivity index (χ2v) is 6.28. The minimum absolute atomic E-state index is 0.0275. The Morgan fingerprint density at radius 1 is 0.913 bits per heavy atom. The summed E-state index contributed by atoms with van der Waals surface area (Å²) in [6.07, 6.45) is 5.89. The molecule has 132 valence electrons. The largest absolute Gasteiger partial charge is 0.354 e. The predicted molar refractivity (Wildman–Crippen MR) is 88.9 cm³/mol. The molecule has 1 rings (SSSR count). The minimum Gasteiger partial charge on any atom is -0.354 e. The van der Waals surface area contributed by atoms with Gasteiger partial charge >= 0.3 is 6.03 Å². The lowest BCUT2D eigenvalue weighted by Gasteiger charge is -2.22. The third kappa shape index (κ3) is 9.05. The van der Waals surface area contributed by atoms with Crippen LogP contribution < -0.4 is 21.3 Å². The molecule has 1 aliphatic carbocycles. The zero-order valence-electron chi connectivity index (χ0n) is 14.2. The Morgan fingerprint density at radius 2 is 1.57 bits per heavy atom. The molecule has 0 atom stereocenters. The van der Waals surface area contributed by atoms with Crippen LogP contribution in [0.5, 0.6) is 0 Å². The molecule has 23 heavy (non-hydrogen) atoms. The number of hydrogen-bond acceptors (Lipinski definition) is 3. The Bertz CT molecular complexity index is 393. The normalized spacial score (nSPS) is 15.1. The van der Waals surface area contributed by atoms with Crippen LogP contribution >= 0.6 is 0 Å². The van der Waals surface area contributed by atoms with Crippen LogP contribution in [-0.2, 0) is 9.59 Å². The van der Waals surface area contributed by atoms with E-state index in [-0.39, 0.29) is 36.2 Å². The zero-order chi connectivity index (χ0) is 17.1. The quantitative estimate of drug-likeness (QED) is 0.499. The maximum atomic E-state index is 11.7. The Hall–Kier alpha value is -1.79. The summed E-state index contributed by atoms with van der Waals surface area (Å²) in [5.41, 5.74) is 0. The van der Waals surface area contributed by atoms with E-state index in [4.69, 9.17) is 0 Å². The molecule has 0 unspecified atom stereocenters. The van der Waals surface area contributed by atoms with Gasteiger partial charge in [-0.25, -0.2) is 4.79 Å². The van der Waals surface area contributed by atoms with E-state index in [0.717, 1.165) is 12.8 Å². The van der Waals surface area contributed by atoms with Gasteiger partial charge in [0.25, 0.3) is 0 Å². The van der Waals surface area contributed by atoms with Gasteiger partial charge in [0.1, 0.15) is 0 Å². The van der Waals surface area contributed by atoms with Gasteiger partial charge in [0.2, 0.25) is 11.8 Å². The van der Waals surface area contributed by atoms with Crippen LogP contribution in [0.3, 0.4) is 0 Å². The van der Waals surface area contributed by atoms with Crippen LogP contribution in [0.1, 0.15) is 52.4 Å². The molecule has 1 aliphatic rings. The Kier molecular flexibility index (Phi) is 9.09. The maximum absolute atomic E-state index is 11.7. The first-order chi connectivity index (χ1) is 11.0. The van der Waals surface area contributed by atoms with Crippen molar-refractivity contribution in [3.63, 3.8) is 0 Å². The van der Waals surface area contributed by atoms with Gasteiger partial charge in [0.15, 0.2) is 0 Å². The second-order valence-electron chi connectivity index (χ2n) is 6.28. The number of carbonyl (C=O) groups is 3. The molecule has 0 bridgehead atoms. The number of hydrogen-bond donors (Lipinski definition) is 4. The van der Waals surface area contributed by atoms with E-state index in [9.17, 15) is 14.4 Å². The summed E-state index contributed by atoms with van der Waals surface area (Å²) >= 11 is 0. The first-order valence-electron chi connectivity index (χ1n) is 8.58. The van der Waals surface area contributed by atoms with Crippen molar-refractivity contribution in [1.82, 2.24) is 21.3 Å². The number of amides is 4. The van der Waals surface area contributed by atoms with Crippen molar-refractivity contribution in [3.8, 4) is 0 Å². The number of nitrogens with one attached hydrogen (secondary N) is 4. The van der Waals surface area contributed by atoms with Crippen LogP contribution in [0.25, 0.3) is 0 Å². The molecule has 0 heterocycles. The topological polar surface area (TPSA) is 99.3 Å². The minimum atomic E-state index is -0.200. The molecule has 0 aromatic rings. The Balaban J connectivity index is 2.00. The van der Waals surface area contributed by atoms with E-state index < -0.39 is 0 Å². The van der Waals surface area contributed by atoms with Gasteiger partial charge in [-0.2, -0.15) is 0 Å². The van der Waals surface area contributed by atoms with Crippen LogP contribution in [-0.4, -0.2) is 43.5 Å². The molecule has 1 saturated carbocycles. The third-order valence-corrected chi connectivity index (χ3v) is 3.85. The Morgan fingerprint density at radius 3 is 2.22 bits per heavy atom. The van der Waals surface area contributed by atoms with E-state index in [2.05, 4.69) is 21.3 Å². The first-order valence-corrected chi connectivity index (χ1v) is 8.58. The number of carbonyl (C=O) groups excluding carboxylic acids is 3. The molecular formula is C16H30N4O3. The Labute approximate surface area is 138 Å². The highest BCUT2D eigenvalue weighted by Crippen LogP contribution is 2.16. The molecule has 4 amide bonds. The zero-order valence-corrected chi connectivity index (χ0v) is 14.2. The molecule has 0 aromatic carbocycles. The molecule has 0 aliphatic heterocycles. The lowest BCUT2D eigenvalue weighted by molar-refractivity contribution is -0.124. The number of rotatable bonds is 8. The highest BCUT2D eigenvalue weighted by Gasteiger charge is 2.15. The maximum Gasteiger partial charge on any atom is 0.315 e. The molecule has 4 N–H and O–H groups in total. The standard InChI is InChI=1S/C16H30N4O3/c1-12(2)15(22)18-11-10-17-14(21)8-9-19-16(23)20-13-6-4-3-5-7-13/h12-13H,3-11H2,1-2H3,(H,17,21)(H,18,22)(H2,19,20,23). The summed E-state index contributed by atoms with van der Waals surface area (Å²) in [5, 5.41) is 11.1. The fraction of sp³-hybridized carbons (Fsp3) is 0.812. The molecule has 7 nitrogen and oxygen atoms in total. The molecule has 0 saturated heterocycles. The van der Waals surface area contributed by atoms with Crippen molar-refractivity contribution in [2.24, 2.45) is 5.92 Å². The van der Waals surface area contributed by atoms with Crippen LogP contribution in [0.15, 0.2) is 0 Å². The van der Waals surface area contributed by atoms with Crippen molar-refractivity contribution in [2.75, 3.05) is 19.6 Å². The van der Waals surface area contributed by atoms with Gasteiger partial charge in [0, 0.05) is 38.0 Å². The fourth-order valence-electron chi connectivity index (χ4n) is 2.45. The molecule has 0 aromatic heterocycles. The van der Waals surface area contributed by atoms with Crippen molar-refractivity contribution < 1.29 is 14.4 Å². The van der Waals surface area contributed by atoms with Crippen molar-refractivity contribution in [2.45, 2.75) is 58.4 Å². The molecule has 0 spiro atoms. The highest BCUT2D eigenvalue weighted by molar-refractivity contribution is 5.79. The lowest BCUT2D eigenvalue weighted by atomic mass is 9.96. The highest BCUT2D eigenvalue weighted by atomic mass is 16.2. The monoisotopic (exact) mass is 326 g/mol. The summed E-state index contributed by atoms with van der Waals surface area (Å²) in [6.45, 7) is 4.75. The van der Waals surface area contributed by atoms with E-state index in [1.165, 1.54) is 19.3 Å². The van der Waals surface area contributed by atoms with Crippen LogP contribution in [0, 0.1) is 5.92 Å². The van der Waals surface area contributed by atoms with Gasteiger partial charge in [-0.15, -0.1) is 0 Å². The second kappa shape index (κ2) is 10.9. The lowest BCUT2D eigenvalue weighted by Crippen LogP contribution is -2.44. The van der Waals surface area contributed by atoms with Crippen molar-refractivity contribution in [1.29, 1.82) is 0 Å². The third-order valence-electron chi connectivity index (χ3n) is 3.85. The smallest absolute Gasteiger partial charge is 0.315 e. The average molecular weight is 326 g/mol. The van der Waals surface area contributed by atoms with Crippen LogP contribution in [0.2, 0.25) is 0 Å². The first kappa shape index (κ1) is 19.3. The predicted octanol–water partition coefficient (Wildman–Crippen LogP) is 0.897. The SMILES string of the molecule is CC(C)C(=O)NCCNC(=O)CCNC(=O)NC1CCCCC1. The molecule has 1 fully saturated rings.